The number of benzene rings is 1. The third-order valence-corrected chi connectivity index (χ3v) is 6.54. The smallest absolute Gasteiger partial charge is 0.341 e. The van der Waals surface area contributed by atoms with Gasteiger partial charge in [0.25, 0.3) is 10.0 Å². The Labute approximate surface area is 139 Å². The van der Waals surface area contributed by atoms with Crippen LogP contribution in [0.15, 0.2) is 35.2 Å². The van der Waals surface area contributed by atoms with Crippen molar-refractivity contribution < 1.29 is 17.9 Å². The number of esters is 1. The molecule has 0 saturated heterocycles. The Morgan fingerprint density at radius 3 is 2.57 bits per heavy atom. The van der Waals surface area contributed by atoms with Gasteiger partial charge in [0.1, 0.15) is 5.00 Å². The van der Waals surface area contributed by atoms with E-state index in [1.165, 1.54) is 30.6 Å². The molecule has 23 heavy (non-hydrogen) atoms. The van der Waals surface area contributed by atoms with E-state index in [-0.39, 0.29) is 4.90 Å². The molecule has 1 heterocycles. The van der Waals surface area contributed by atoms with E-state index in [2.05, 4.69) is 4.72 Å². The second kappa shape index (κ2) is 6.33. The van der Waals surface area contributed by atoms with Crippen molar-refractivity contribution in [2.24, 2.45) is 0 Å². The number of ether oxygens (including phenoxy) is 1. The van der Waals surface area contributed by atoms with E-state index in [0.29, 0.717) is 10.6 Å². The van der Waals surface area contributed by atoms with Crippen LogP contribution < -0.4 is 4.72 Å². The van der Waals surface area contributed by atoms with Crippen LogP contribution in [0.3, 0.4) is 0 Å². The van der Waals surface area contributed by atoms with Crippen molar-refractivity contribution in [2.45, 2.75) is 30.6 Å². The summed E-state index contributed by atoms with van der Waals surface area (Å²) in [7, 11) is -2.41. The number of sulfonamides is 1. The number of aryl methyl sites for hydroxylation is 1. The van der Waals surface area contributed by atoms with Crippen molar-refractivity contribution in [3.8, 4) is 0 Å². The fourth-order valence-electron chi connectivity index (χ4n) is 2.74. The first-order valence-electron chi connectivity index (χ1n) is 7.33. The normalized spacial score (nSPS) is 14.1. The van der Waals surface area contributed by atoms with Crippen LogP contribution in [0.4, 0.5) is 5.00 Å². The quantitative estimate of drug-likeness (QED) is 0.859. The molecule has 0 amide bonds. The lowest BCUT2D eigenvalue weighted by atomic mass is 9.95. The van der Waals surface area contributed by atoms with Crippen LogP contribution in [0.2, 0.25) is 0 Å². The third-order valence-electron chi connectivity index (χ3n) is 3.84. The first-order valence-corrected chi connectivity index (χ1v) is 9.63. The minimum atomic E-state index is -3.72. The molecular formula is C16H17NO4S2. The summed E-state index contributed by atoms with van der Waals surface area (Å²) in [5.74, 6) is -0.491. The number of hydrogen-bond donors (Lipinski definition) is 1. The molecule has 3 rings (SSSR count). The highest BCUT2D eigenvalue weighted by Crippen LogP contribution is 2.39. The van der Waals surface area contributed by atoms with Gasteiger partial charge in [-0.3, -0.25) is 4.72 Å². The maximum Gasteiger partial charge on any atom is 0.341 e. The number of thiophene rings is 1. The largest absolute Gasteiger partial charge is 0.465 e. The molecule has 2 aromatic rings. The average Bonchev–Trinajstić information content (AvgIpc) is 2.92. The molecule has 0 spiro atoms. The third kappa shape index (κ3) is 3.11. The van der Waals surface area contributed by atoms with Crippen molar-refractivity contribution in [1.82, 2.24) is 0 Å². The van der Waals surface area contributed by atoms with Crippen LogP contribution in [-0.4, -0.2) is 21.5 Å². The van der Waals surface area contributed by atoms with Gasteiger partial charge in [-0.1, -0.05) is 18.2 Å². The molecule has 1 N–H and O–H groups in total. The molecule has 1 aliphatic rings. The minimum Gasteiger partial charge on any atom is -0.465 e. The van der Waals surface area contributed by atoms with E-state index in [9.17, 15) is 13.2 Å². The van der Waals surface area contributed by atoms with Crippen molar-refractivity contribution in [2.75, 3.05) is 11.8 Å². The van der Waals surface area contributed by atoms with Gasteiger partial charge >= 0.3 is 5.97 Å². The molecule has 0 unspecified atom stereocenters. The Kier molecular flexibility index (Phi) is 4.41. The molecule has 0 saturated carbocycles. The number of rotatable bonds is 4. The standard InChI is InChI=1S/C16H17NO4S2/c1-21-16(18)14-12-9-5-6-10-13(12)22-15(14)17-23(19,20)11-7-3-2-4-8-11/h2-4,7-8,17H,5-6,9-10H2,1H3. The molecule has 1 aromatic carbocycles. The van der Waals surface area contributed by atoms with Crippen molar-refractivity contribution >= 4 is 32.3 Å². The van der Waals surface area contributed by atoms with E-state index in [1.54, 1.807) is 18.2 Å². The zero-order valence-corrected chi connectivity index (χ0v) is 14.3. The van der Waals surface area contributed by atoms with E-state index in [1.807, 2.05) is 0 Å². The number of hydrogen-bond acceptors (Lipinski definition) is 5. The van der Waals surface area contributed by atoms with Crippen molar-refractivity contribution in [3.05, 3.63) is 46.3 Å². The van der Waals surface area contributed by atoms with Gasteiger partial charge in [-0.05, 0) is 43.4 Å². The van der Waals surface area contributed by atoms with Gasteiger partial charge in [-0.15, -0.1) is 11.3 Å². The zero-order chi connectivity index (χ0) is 16.4. The Bertz CT molecular complexity index is 825. The second-order valence-electron chi connectivity index (χ2n) is 5.33. The minimum absolute atomic E-state index is 0.169. The molecule has 0 bridgehead atoms. The van der Waals surface area contributed by atoms with Crippen LogP contribution in [0, 0.1) is 0 Å². The van der Waals surface area contributed by atoms with E-state index >= 15 is 0 Å². The monoisotopic (exact) mass is 351 g/mol. The number of carbonyl (C=O) groups is 1. The van der Waals surface area contributed by atoms with Gasteiger partial charge in [-0.25, -0.2) is 13.2 Å². The fourth-order valence-corrected chi connectivity index (χ4v) is 5.34. The van der Waals surface area contributed by atoms with E-state index < -0.39 is 16.0 Å². The van der Waals surface area contributed by atoms with Gasteiger partial charge in [0.15, 0.2) is 0 Å². The number of methoxy groups -OCH3 is 1. The first kappa shape index (κ1) is 16.0. The van der Waals surface area contributed by atoms with Crippen LogP contribution in [0.25, 0.3) is 0 Å². The second-order valence-corrected chi connectivity index (χ2v) is 8.11. The Balaban J connectivity index is 2.03. The van der Waals surface area contributed by atoms with Gasteiger partial charge in [0.2, 0.25) is 0 Å². The Hall–Kier alpha value is -1.86. The molecule has 1 aliphatic carbocycles. The molecule has 7 heteroatoms. The lowest BCUT2D eigenvalue weighted by molar-refractivity contribution is 0.0601. The summed E-state index contributed by atoms with van der Waals surface area (Å²) in [6.45, 7) is 0. The van der Waals surface area contributed by atoms with Gasteiger partial charge in [0.05, 0.1) is 17.6 Å². The lowest BCUT2D eigenvalue weighted by Crippen LogP contribution is -2.15. The molecule has 0 atom stereocenters. The molecular weight excluding hydrogens is 334 g/mol. The molecule has 0 radical (unpaired) electrons. The van der Waals surface area contributed by atoms with Gasteiger partial charge in [-0.2, -0.15) is 0 Å². The summed E-state index contributed by atoms with van der Waals surface area (Å²) in [5, 5.41) is 0.354. The van der Waals surface area contributed by atoms with Gasteiger partial charge < -0.3 is 4.74 Å². The summed E-state index contributed by atoms with van der Waals surface area (Å²) in [6, 6.07) is 8.12. The first-order chi connectivity index (χ1) is 11.0. The highest BCUT2D eigenvalue weighted by molar-refractivity contribution is 7.93. The summed E-state index contributed by atoms with van der Waals surface area (Å²) < 4.78 is 32.5. The zero-order valence-electron chi connectivity index (χ0n) is 12.7. The van der Waals surface area contributed by atoms with Crippen LogP contribution >= 0.6 is 11.3 Å². The molecule has 0 aliphatic heterocycles. The van der Waals surface area contributed by atoms with Crippen LogP contribution in [-0.2, 0) is 27.6 Å². The van der Waals surface area contributed by atoms with Crippen molar-refractivity contribution in [1.29, 1.82) is 0 Å². The van der Waals surface area contributed by atoms with Crippen LogP contribution in [0.5, 0.6) is 0 Å². The molecule has 0 fully saturated rings. The summed E-state index contributed by atoms with van der Waals surface area (Å²) in [6.07, 6.45) is 3.71. The molecule has 1 aromatic heterocycles. The Morgan fingerprint density at radius 2 is 1.87 bits per heavy atom. The average molecular weight is 351 g/mol. The van der Waals surface area contributed by atoms with E-state index in [0.717, 1.165) is 36.1 Å². The summed E-state index contributed by atoms with van der Waals surface area (Å²) >= 11 is 1.34. The highest BCUT2D eigenvalue weighted by atomic mass is 32.2. The number of nitrogens with one attached hydrogen (secondary N) is 1. The predicted molar refractivity (Wildman–Crippen MR) is 89.6 cm³/mol. The summed E-state index contributed by atoms with van der Waals surface area (Å²) in [5.41, 5.74) is 1.30. The molecule has 122 valence electrons. The predicted octanol–water partition coefficient (Wildman–Crippen LogP) is 3.21. The van der Waals surface area contributed by atoms with Gasteiger partial charge in [0, 0.05) is 4.88 Å². The summed E-state index contributed by atoms with van der Waals surface area (Å²) in [4.78, 5) is 13.4. The topological polar surface area (TPSA) is 72.5 Å². The Morgan fingerprint density at radius 1 is 1.17 bits per heavy atom. The van der Waals surface area contributed by atoms with E-state index in [4.69, 9.17) is 4.74 Å². The fraction of sp³-hybridized carbons (Fsp3) is 0.312. The van der Waals surface area contributed by atoms with Crippen LogP contribution in [0.1, 0.15) is 33.6 Å². The maximum atomic E-state index is 12.5. The molecule has 5 nitrogen and oxygen atoms in total. The number of anilines is 1. The number of carbonyl (C=O) groups excluding carboxylic acids is 1. The van der Waals surface area contributed by atoms with Crippen molar-refractivity contribution in [3.63, 3.8) is 0 Å². The maximum absolute atomic E-state index is 12.5. The SMILES string of the molecule is COC(=O)c1c(NS(=O)(=O)c2ccccc2)sc2c1CCCC2. The lowest BCUT2D eigenvalue weighted by Gasteiger charge is -2.12. The number of fused-ring (bicyclic) bond motifs is 1. The highest BCUT2D eigenvalue weighted by Gasteiger charge is 2.28.